The second-order valence-corrected chi connectivity index (χ2v) is 9.06. The first kappa shape index (κ1) is 21.4. The zero-order valence-corrected chi connectivity index (χ0v) is 19.7. The molecule has 3 heterocycles. The molecule has 0 bridgehead atoms. The SMILES string of the molecule is CCc1cc(-c2cnc(OC3CCC(C)C3)nc2)ccc1N(C)c1cc2c(cn1)ncn2C. The van der Waals surface area contributed by atoms with Gasteiger partial charge in [0.2, 0.25) is 0 Å². The number of anilines is 2. The van der Waals surface area contributed by atoms with Crippen LogP contribution < -0.4 is 9.64 Å². The molecule has 1 aromatic carbocycles. The Kier molecular flexibility index (Phi) is 5.70. The van der Waals surface area contributed by atoms with Gasteiger partial charge in [0, 0.05) is 43.8 Å². The average molecular weight is 443 g/mol. The summed E-state index contributed by atoms with van der Waals surface area (Å²) in [6, 6.07) is 9.03. The summed E-state index contributed by atoms with van der Waals surface area (Å²) >= 11 is 0. The number of benzene rings is 1. The average Bonchev–Trinajstić information content (AvgIpc) is 3.43. The molecule has 3 aromatic heterocycles. The molecule has 7 nitrogen and oxygen atoms in total. The van der Waals surface area contributed by atoms with Crippen molar-refractivity contribution in [2.45, 2.75) is 45.6 Å². The van der Waals surface area contributed by atoms with Gasteiger partial charge in [0.15, 0.2) is 0 Å². The van der Waals surface area contributed by atoms with E-state index in [1.54, 1.807) is 0 Å². The molecule has 170 valence electrons. The van der Waals surface area contributed by atoms with Crippen molar-refractivity contribution in [1.82, 2.24) is 24.5 Å². The highest BCUT2D eigenvalue weighted by atomic mass is 16.5. The van der Waals surface area contributed by atoms with Crippen molar-refractivity contribution < 1.29 is 4.74 Å². The summed E-state index contributed by atoms with van der Waals surface area (Å²) in [6.07, 6.45) is 11.9. The van der Waals surface area contributed by atoms with Crippen LogP contribution in [-0.4, -0.2) is 37.7 Å². The summed E-state index contributed by atoms with van der Waals surface area (Å²) in [4.78, 5) is 20.1. The highest BCUT2D eigenvalue weighted by Gasteiger charge is 2.23. The standard InChI is InChI=1S/C26H30N6O/c1-5-18-11-19(20-13-28-26(29-14-20)33-21-8-6-17(2)10-21)7-9-23(18)32(4)25-12-24-22(15-27-25)30-16-31(24)3/h7,9,11-17,21H,5-6,8,10H2,1-4H3. The zero-order chi connectivity index (χ0) is 22.9. The van der Waals surface area contributed by atoms with Gasteiger partial charge in [-0.2, -0.15) is 0 Å². The molecule has 0 radical (unpaired) electrons. The second kappa shape index (κ2) is 8.81. The normalized spacial score (nSPS) is 18.1. The molecular weight excluding hydrogens is 412 g/mol. The molecule has 1 fully saturated rings. The molecule has 4 aromatic rings. The monoisotopic (exact) mass is 442 g/mol. The topological polar surface area (TPSA) is 69.0 Å². The van der Waals surface area contributed by atoms with E-state index in [1.807, 2.05) is 36.5 Å². The minimum Gasteiger partial charge on any atom is -0.460 e. The van der Waals surface area contributed by atoms with Crippen molar-refractivity contribution in [2.24, 2.45) is 13.0 Å². The van der Waals surface area contributed by atoms with Crippen molar-refractivity contribution in [2.75, 3.05) is 11.9 Å². The van der Waals surface area contributed by atoms with E-state index in [0.717, 1.165) is 58.8 Å². The summed E-state index contributed by atoms with van der Waals surface area (Å²) in [6.45, 7) is 4.44. The van der Waals surface area contributed by atoms with Gasteiger partial charge in [-0.15, -0.1) is 0 Å². The van der Waals surface area contributed by atoms with Gasteiger partial charge in [-0.1, -0.05) is 19.9 Å². The summed E-state index contributed by atoms with van der Waals surface area (Å²) in [7, 11) is 4.05. The Labute approximate surface area is 194 Å². The molecule has 33 heavy (non-hydrogen) atoms. The van der Waals surface area contributed by atoms with Crippen LogP contribution >= 0.6 is 0 Å². The number of hydrogen-bond acceptors (Lipinski definition) is 6. The lowest BCUT2D eigenvalue weighted by molar-refractivity contribution is 0.188. The van der Waals surface area contributed by atoms with Crippen LogP contribution in [0.3, 0.4) is 0 Å². The predicted molar refractivity (Wildman–Crippen MR) is 131 cm³/mol. The molecule has 0 spiro atoms. The lowest BCUT2D eigenvalue weighted by Crippen LogP contribution is -2.14. The maximum Gasteiger partial charge on any atom is 0.316 e. The summed E-state index contributed by atoms with van der Waals surface area (Å²) in [5, 5.41) is 0. The molecular formula is C26H30N6O. The molecule has 0 N–H and O–H groups in total. The predicted octanol–water partition coefficient (Wildman–Crippen LogP) is 5.32. The van der Waals surface area contributed by atoms with Crippen LogP contribution in [0, 0.1) is 5.92 Å². The first-order valence-electron chi connectivity index (χ1n) is 11.6. The highest BCUT2D eigenvalue weighted by Crippen LogP contribution is 2.32. The molecule has 0 aliphatic heterocycles. The van der Waals surface area contributed by atoms with Gasteiger partial charge in [-0.05, 0) is 54.9 Å². The number of nitrogens with zero attached hydrogens (tertiary/aromatic N) is 6. The fraction of sp³-hybridized carbons (Fsp3) is 0.385. The molecule has 1 saturated carbocycles. The van der Waals surface area contributed by atoms with Crippen LogP contribution in [0.2, 0.25) is 0 Å². The Morgan fingerprint density at radius 1 is 1.03 bits per heavy atom. The van der Waals surface area contributed by atoms with Crippen molar-refractivity contribution in [3.63, 3.8) is 0 Å². The van der Waals surface area contributed by atoms with Crippen molar-refractivity contribution >= 4 is 22.5 Å². The maximum atomic E-state index is 5.97. The van der Waals surface area contributed by atoms with E-state index in [-0.39, 0.29) is 6.10 Å². The Balaban J connectivity index is 1.37. The maximum absolute atomic E-state index is 5.97. The summed E-state index contributed by atoms with van der Waals surface area (Å²) in [5.41, 5.74) is 6.41. The minimum atomic E-state index is 0.242. The van der Waals surface area contributed by atoms with Crippen LogP contribution in [-0.2, 0) is 13.5 Å². The van der Waals surface area contributed by atoms with E-state index >= 15 is 0 Å². The van der Waals surface area contributed by atoms with E-state index in [9.17, 15) is 0 Å². The first-order chi connectivity index (χ1) is 16.0. The number of ether oxygens (including phenoxy) is 1. The van der Waals surface area contributed by atoms with Crippen LogP contribution in [0.5, 0.6) is 6.01 Å². The number of hydrogen-bond donors (Lipinski definition) is 0. The first-order valence-corrected chi connectivity index (χ1v) is 11.6. The molecule has 1 aliphatic carbocycles. The molecule has 1 aliphatic rings. The zero-order valence-electron chi connectivity index (χ0n) is 19.7. The van der Waals surface area contributed by atoms with Crippen molar-refractivity contribution in [3.8, 4) is 17.1 Å². The Bertz CT molecular complexity index is 1270. The van der Waals surface area contributed by atoms with Crippen molar-refractivity contribution in [3.05, 3.63) is 54.7 Å². The van der Waals surface area contributed by atoms with Crippen LogP contribution in [0.1, 0.15) is 38.7 Å². The third-order valence-electron chi connectivity index (χ3n) is 6.64. The van der Waals surface area contributed by atoms with Gasteiger partial charge in [-0.3, -0.25) is 0 Å². The minimum absolute atomic E-state index is 0.242. The largest absolute Gasteiger partial charge is 0.460 e. The Morgan fingerprint density at radius 2 is 1.85 bits per heavy atom. The molecule has 2 unspecified atom stereocenters. The molecule has 2 atom stereocenters. The number of fused-ring (bicyclic) bond motifs is 1. The molecule has 5 rings (SSSR count). The van der Waals surface area contributed by atoms with Gasteiger partial charge in [0.05, 0.1) is 18.0 Å². The van der Waals surface area contributed by atoms with E-state index in [0.29, 0.717) is 6.01 Å². The number of rotatable bonds is 6. The van der Waals surface area contributed by atoms with E-state index < -0.39 is 0 Å². The molecule has 0 amide bonds. The fourth-order valence-corrected chi connectivity index (χ4v) is 4.64. The van der Waals surface area contributed by atoms with Crippen LogP contribution in [0.4, 0.5) is 11.5 Å². The van der Waals surface area contributed by atoms with Gasteiger partial charge in [-0.25, -0.2) is 19.9 Å². The number of aromatic nitrogens is 5. The van der Waals surface area contributed by atoms with E-state index in [1.165, 1.54) is 12.0 Å². The van der Waals surface area contributed by atoms with Crippen molar-refractivity contribution in [1.29, 1.82) is 0 Å². The number of imidazole rings is 1. The van der Waals surface area contributed by atoms with Crippen LogP contribution in [0.15, 0.2) is 49.2 Å². The second-order valence-electron chi connectivity index (χ2n) is 9.06. The van der Waals surface area contributed by atoms with E-state index in [4.69, 9.17) is 4.74 Å². The number of pyridine rings is 1. The quantitative estimate of drug-likeness (QED) is 0.402. The van der Waals surface area contributed by atoms with Gasteiger partial charge in [0.1, 0.15) is 17.4 Å². The third-order valence-corrected chi connectivity index (χ3v) is 6.64. The lowest BCUT2D eigenvalue weighted by atomic mass is 10.0. The Hall–Kier alpha value is -3.48. The van der Waals surface area contributed by atoms with Gasteiger partial charge >= 0.3 is 6.01 Å². The lowest BCUT2D eigenvalue weighted by Gasteiger charge is -2.22. The van der Waals surface area contributed by atoms with Gasteiger partial charge < -0.3 is 14.2 Å². The van der Waals surface area contributed by atoms with Crippen LogP contribution in [0.25, 0.3) is 22.2 Å². The number of aryl methyl sites for hydroxylation is 2. The summed E-state index contributed by atoms with van der Waals surface area (Å²) in [5.74, 6) is 1.61. The fourth-order valence-electron chi connectivity index (χ4n) is 4.64. The van der Waals surface area contributed by atoms with Gasteiger partial charge in [0.25, 0.3) is 0 Å². The molecule has 0 saturated heterocycles. The molecule has 7 heteroatoms. The highest BCUT2D eigenvalue weighted by molar-refractivity contribution is 5.79. The third kappa shape index (κ3) is 4.27. The summed E-state index contributed by atoms with van der Waals surface area (Å²) < 4.78 is 7.98. The Morgan fingerprint density at radius 3 is 2.58 bits per heavy atom. The smallest absolute Gasteiger partial charge is 0.316 e. The van der Waals surface area contributed by atoms with E-state index in [2.05, 4.69) is 70.0 Å².